The molecule has 0 saturated heterocycles. The van der Waals surface area contributed by atoms with Gasteiger partial charge in [-0.25, -0.2) is 9.48 Å². The number of nitrogens with one attached hydrogen (secondary N) is 1. The highest BCUT2D eigenvalue weighted by atomic mass is 16.5. The number of ether oxygens (including phenoxy) is 1. The maximum atomic E-state index is 12.5. The van der Waals surface area contributed by atoms with Gasteiger partial charge in [0.2, 0.25) is 0 Å². The second-order valence-electron chi connectivity index (χ2n) is 6.72. The van der Waals surface area contributed by atoms with Crippen LogP contribution < -0.4 is 10.9 Å². The molecular formula is C22H23N3O4. The highest BCUT2D eigenvalue weighted by Gasteiger charge is 2.19. The molecule has 0 fully saturated rings. The molecule has 7 heteroatoms. The average Bonchev–Trinajstić information content (AvgIpc) is 2.75. The van der Waals surface area contributed by atoms with Crippen molar-refractivity contribution < 1.29 is 14.3 Å². The highest BCUT2D eigenvalue weighted by Crippen LogP contribution is 2.18. The largest absolute Gasteiger partial charge is 0.451 e. The van der Waals surface area contributed by atoms with E-state index in [1.807, 2.05) is 37.3 Å². The van der Waals surface area contributed by atoms with Gasteiger partial charge in [-0.3, -0.25) is 9.59 Å². The van der Waals surface area contributed by atoms with Crippen LogP contribution >= 0.6 is 0 Å². The lowest BCUT2D eigenvalue weighted by atomic mass is 10.0. The van der Waals surface area contributed by atoms with Gasteiger partial charge in [0.25, 0.3) is 11.5 Å². The Morgan fingerprint density at radius 1 is 1.07 bits per heavy atom. The van der Waals surface area contributed by atoms with Gasteiger partial charge in [0.05, 0.1) is 11.4 Å². The normalized spacial score (nSPS) is 11.8. The summed E-state index contributed by atoms with van der Waals surface area (Å²) in [6, 6.07) is 16.2. The Bertz CT molecular complexity index is 1080. The van der Waals surface area contributed by atoms with Crippen LogP contribution in [0.3, 0.4) is 0 Å². The first-order chi connectivity index (χ1) is 14.0. The van der Waals surface area contributed by atoms with E-state index in [0.717, 1.165) is 23.1 Å². The van der Waals surface area contributed by atoms with E-state index in [9.17, 15) is 14.4 Å². The van der Waals surface area contributed by atoms with Gasteiger partial charge in [0.15, 0.2) is 12.3 Å². The van der Waals surface area contributed by atoms with E-state index in [1.165, 1.54) is 7.05 Å². The van der Waals surface area contributed by atoms with E-state index in [0.29, 0.717) is 10.8 Å². The number of aromatic nitrogens is 2. The molecule has 0 saturated carbocycles. The maximum absolute atomic E-state index is 12.5. The Morgan fingerprint density at radius 2 is 1.72 bits per heavy atom. The lowest BCUT2D eigenvalue weighted by Gasteiger charge is -2.18. The molecule has 1 N–H and O–H groups in total. The second-order valence-corrected chi connectivity index (χ2v) is 6.72. The summed E-state index contributed by atoms with van der Waals surface area (Å²) in [4.78, 5) is 37.1. The van der Waals surface area contributed by atoms with Crippen molar-refractivity contribution in [1.29, 1.82) is 0 Å². The number of benzene rings is 2. The average molecular weight is 393 g/mol. The van der Waals surface area contributed by atoms with Gasteiger partial charge in [-0.05, 0) is 18.1 Å². The first-order valence-electron chi connectivity index (χ1n) is 9.48. The monoisotopic (exact) mass is 393 g/mol. The molecule has 0 aliphatic rings. The molecule has 0 aliphatic carbocycles. The second kappa shape index (κ2) is 9.14. The van der Waals surface area contributed by atoms with Crippen molar-refractivity contribution in [2.75, 3.05) is 6.61 Å². The molecule has 0 radical (unpaired) electrons. The highest BCUT2D eigenvalue weighted by molar-refractivity contribution is 6.02. The zero-order valence-electron chi connectivity index (χ0n) is 16.4. The maximum Gasteiger partial charge on any atom is 0.359 e. The van der Waals surface area contributed by atoms with Crippen molar-refractivity contribution in [2.45, 2.75) is 25.8 Å². The summed E-state index contributed by atoms with van der Waals surface area (Å²) in [6.07, 6.45) is 1.67. The van der Waals surface area contributed by atoms with Crippen LogP contribution in [0.5, 0.6) is 0 Å². The molecule has 1 aromatic heterocycles. The molecule has 150 valence electrons. The van der Waals surface area contributed by atoms with Crippen molar-refractivity contribution >= 4 is 22.6 Å². The third-order valence-electron chi connectivity index (χ3n) is 4.60. The summed E-state index contributed by atoms with van der Waals surface area (Å²) in [5.41, 5.74) is 0.698. The molecule has 2 aromatic carbocycles. The molecule has 0 spiro atoms. The van der Waals surface area contributed by atoms with E-state index < -0.39 is 18.5 Å². The van der Waals surface area contributed by atoms with Gasteiger partial charge < -0.3 is 10.1 Å². The summed E-state index contributed by atoms with van der Waals surface area (Å²) in [7, 11) is 1.47. The lowest BCUT2D eigenvalue weighted by Crippen LogP contribution is -2.33. The number of rotatable bonds is 7. The Kier molecular flexibility index (Phi) is 6.39. The number of nitrogens with zero attached hydrogens (tertiary/aromatic N) is 2. The number of hydrogen-bond acceptors (Lipinski definition) is 5. The van der Waals surface area contributed by atoms with Crippen molar-refractivity contribution in [2.24, 2.45) is 7.05 Å². The van der Waals surface area contributed by atoms with Crippen LogP contribution in [0, 0.1) is 0 Å². The van der Waals surface area contributed by atoms with Gasteiger partial charge in [-0.2, -0.15) is 5.10 Å². The Hall–Kier alpha value is -3.48. The third-order valence-corrected chi connectivity index (χ3v) is 4.60. The molecule has 1 heterocycles. The number of carbonyl (C=O) groups excluding carboxylic acids is 2. The summed E-state index contributed by atoms with van der Waals surface area (Å²) in [6.45, 7) is 1.61. The minimum Gasteiger partial charge on any atom is -0.451 e. The molecule has 7 nitrogen and oxygen atoms in total. The number of hydrogen-bond donors (Lipinski definition) is 1. The van der Waals surface area contributed by atoms with E-state index in [2.05, 4.69) is 10.4 Å². The fourth-order valence-electron chi connectivity index (χ4n) is 3.18. The van der Waals surface area contributed by atoms with E-state index in [-0.39, 0.29) is 17.3 Å². The number of amides is 1. The molecule has 3 rings (SSSR count). The van der Waals surface area contributed by atoms with Gasteiger partial charge in [0, 0.05) is 12.4 Å². The van der Waals surface area contributed by atoms with Crippen LogP contribution in [-0.4, -0.2) is 28.3 Å². The number of carbonyl (C=O) groups is 2. The fraction of sp³-hybridized carbons (Fsp3) is 0.273. The molecule has 0 aliphatic heterocycles. The van der Waals surface area contributed by atoms with Crippen LogP contribution in [0.1, 0.15) is 41.9 Å². The van der Waals surface area contributed by atoms with Gasteiger partial charge in [-0.1, -0.05) is 61.9 Å². The van der Waals surface area contributed by atoms with Crippen molar-refractivity contribution in [3.8, 4) is 0 Å². The van der Waals surface area contributed by atoms with E-state index in [4.69, 9.17) is 4.74 Å². The van der Waals surface area contributed by atoms with Crippen LogP contribution in [0.15, 0.2) is 59.4 Å². The third kappa shape index (κ3) is 4.68. The molecule has 3 aromatic rings. The molecule has 1 atom stereocenters. The van der Waals surface area contributed by atoms with E-state index in [1.54, 1.807) is 24.3 Å². The smallest absolute Gasteiger partial charge is 0.359 e. The SMILES string of the molecule is CCC[C@@H](NC(=O)COC(=O)c1nn(C)c(=O)c2ccccc12)c1ccccc1. The fourth-order valence-corrected chi connectivity index (χ4v) is 3.18. The standard InChI is InChI=1S/C22H23N3O4/c1-3-9-18(15-10-5-4-6-11-15)23-19(26)14-29-22(28)20-16-12-7-8-13-17(16)21(27)25(2)24-20/h4-8,10-13,18H,3,9,14H2,1-2H3,(H,23,26)/t18-/m1/s1. The topological polar surface area (TPSA) is 90.3 Å². The predicted octanol–water partition coefficient (Wildman–Crippen LogP) is 2.75. The van der Waals surface area contributed by atoms with Gasteiger partial charge >= 0.3 is 5.97 Å². The minimum atomic E-state index is -0.751. The first-order valence-corrected chi connectivity index (χ1v) is 9.48. The lowest BCUT2D eigenvalue weighted by molar-refractivity contribution is -0.125. The molecular weight excluding hydrogens is 370 g/mol. The zero-order chi connectivity index (χ0) is 20.8. The zero-order valence-corrected chi connectivity index (χ0v) is 16.4. The van der Waals surface area contributed by atoms with Crippen molar-refractivity contribution in [3.05, 3.63) is 76.2 Å². The van der Waals surface area contributed by atoms with Gasteiger partial charge in [0.1, 0.15) is 0 Å². The summed E-state index contributed by atoms with van der Waals surface area (Å²) < 4.78 is 6.27. The van der Waals surface area contributed by atoms with Gasteiger partial charge in [-0.15, -0.1) is 0 Å². The quantitative estimate of drug-likeness (QED) is 0.624. The molecule has 0 unspecified atom stereocenters. The Morgan fingerprint density at radius 3 is 2.41 bits per heavy atom. The number of aryl methyl sites for hydroxylation is 1. The van der Waals surface area contributed by atoms with Crippen LogP contribution in [0.2, 0.25) is 0 Å². The first kappa shape index (κ1) is 20.3. The van der Waals surface area contributed by atoms with Crippen LogP contribution in [0.25, 0.3) is 10.8 Å². The summed E-state index contributed by atoms with van der Waals surface area (Å²) >= 11 is 0. The molecule has 1 amide bonds. The molecule has 29 heavy (non-hydrogen) atoms. The Labute approximate surface area is 168 Å². The Balaban J connectivity index is 1.71. The predicted molar refractivity (Wildman–Crippen MR) is 110 cm³/mol. The van der Waals surface area contributed by atoms with Crippen LogP contribution in [0.4, 0.5) is 0 Å². The number of esters is 1. The van der Waals surface area contributed by atoms with Crippen molar-refractivity contribution in [3.63, 3.8) is 0 Å². The minimum absolute atomic E-state index is 0.00340. The molecule has 0 bridgehead atoms. The van der Waals surface area contributed by atoms with Crippen molar-refractivity contribution in [1.82, 2.24) is 15.1 Å². The summed E-state index contributed by atoms with van der Waals surface area (Å²) in [5, 5.41) is 7.69. The number of fused-ring (bicyclic) bond motifs is 1. The summed E-state index contributed by atoms with van der Waals surface area (Å²) in [5.74, 6) is -1.14. The van der Waals surface area contributed by atoms with Crippen LogP contribution in [-0.2, 0) is 16.6 Å². The van der Waals surface area contributed by atoms with E-state index >= 15 is 0 Å².